The van der Waals surface area contributed by atoms with E-state index in [0.29, 0.717) is 24.4 Å². The number of hydrogen-bond acceptors (Lipinski definition) is 4. The molecule has 0 aromatic heterocycles. The molecule has 1 aromatic carbocycles. The van der Waals surface area contributed by atoms with Crippen molar-refractivity contribution in [3.63, 3.8) is 0 Å². The summed E-state index contributed by atoms with van der Waals surface area (Å²) in [5.74, 6) is 1.55. The van der Waals surface area contributed by atoms with Crippen LogP contribution in [0.15, 0.2) is 18.2 Å². The van der Waals surface area contributed by atoms with Crippen LogP contribution in [0.2, 0.25) is 0 Å². The molecule has 2 atom stereocenters. The average Bonchev–Trinajstić information content (AvgIpc) is 2.61. The lowest BCUT2D eigenvalue weighted by atomic mass is 9.71. The number of benzene rings is 1. The minimum Gasteiger partial charge on any atom is -0.490 e. The van der Waals surface area contributed by atoms with Gasteiger partial charge in [-0.1, -0.05) is 26.8 Å². The zero-order valence-electron chi connectivity index (χ0n) is 18.4. The zero-order chi connectivity index (χ0) is 20.5. The first-order valence-electron chi connectivity index (χ1n) is 10.9. The molecule has 3 rings (SSSR count). The van der Waals surface area contributed by atoms with Crippen LogP contribution in [0.25, 0.3) is 0 Å². The van der Waals surface area contributed by atoms with Crippen LogP contribution >= 0.6 is 0 Å². The second kappa shape index (κ2) is 8.33. The average molecular weight is 390 g/mol. The highest BCUT2D eigenvalue weighted by molar-refractivity contribution is 5.33. The molecule has 28 heavy (non-hydrogen) atoms. The lowest BCUT2D eigenvalue weighted by Gasteiger charge is -2.47. The van der Waals surface area contributed by atoms with E-state index >= 15 is 0 Å². The molecule has 2 N–H and O–H groups in total. The molecule has 4 nitrogen and oxygen atoms in total. The fraction of sp³-hybridized carbons (Fsp3) is 0.750. The minimum atomic E-state index is -1.21. The summed E-state index contributed by atoms with van der Waals surface area (Å²) >= 11 is 0. The van der Waals surface area contributed by atoms with E-state index in [9.17, 15) is 10.2 Å². The Morgan fingerprint density at radius 3 is 2.21 bits per heavy atom. The van der Waals surface area contributed by atoms with Crippen LogP contribution in [0.4, 0.5) is 0 Å². The summed E-state index contributed by atoms with van der Waals surface area (Å²) in [6, 6.07) is 6.58. The molecule has 0 amide bonds. The van der Waals surface area contributed by atoms with Crippen molar-refractivity contribution in [1.29, 1.82) is 0 Å². The number of aliphatic hydroxyl groups excluding tert-OH is 1. The zero-order valence-corrected chi connectivity index (χ0v) is 18.4. The molecule has 1 saturated carbocycles. The monoisotopic (exact) mass is 389 g/mol. The highest BCUT2D eigenvalue weighted by Gasteiger charge is 2.44. The van der Waals surface area contributed by atoms with Crippen LogP contribution in [-0.2, 0) is 0 Å². The predicted molar refractivity (Wildman–Crippen MR) is 114 cm³/mol. The number of likely N-dealkylation sites (tertiary alicyclic amines) is 1. The van der Waals surface area contributed by atoms with Crippen LogP contribution in [0.3, 0.4) is 0 Å². The predicted octanol–water partition coefficient (Wildman–Crippen LogP) is 4.08. The molecular formula is C24H39NO3. The number of rotatable bonds is 4. The van der Waals surface area contributed by atoms with E-state index in [1.165, 1.54) is 25.7 Å². The molecule has 1 aliphatic carbocycles. The van der Waals surface area contributed by atoms with Crippen LogP contribution in [-0.4, -0.2) is 52.6 Å². The van der Waals surface area contributed by atoms with E-state index in [2.05, 4.69) is 31.7 Å². The van der Waals surface area contributed by atoms with Gasteiger partial charge in [0.15, 0.2) is 0 Å². The van der Waals surface area contributed by atoms with Gasteiger partial charge in [0, 0.05) is 19.1 Å². The normalized spacial score (nSPS) is 32.3. The third-order valence-corrected chi connectivity index (χ3v) is 6.91. The highest BCUT2D eigenvalue weighted by atomic mass is 16.5. The Morgan fingerprint density at radius 1 is 1.04 bits per heavy atom. The molecule has 4 heteroatoms. The maximum atomic E-state index is 11.2. The maximum Gasteiger partial charge on any atom is 0.137 e. The fourth-order valence-electron chi connectivity index (χ4n) is 5.08. The van der Waals surface area contributed by atoms with E-state index in [4.69, 9.17) is 4.74 Å². The van der Waals surface area contributed by atoms with Crippen LogP contribution in [0, 0.1) is 25.2 Å². The first-order valence-corrected chi connectivity index (χ1v) is 10.9. The van der Waals surface area contributed by atoms with Gasteiger partial charge in [-0.2, -0.15) is 0 Å². The Balaban J connectivity index is 1.60. The largest absolute Gasteiger partial charge is 0.490 e. The number of piperidine rings is 1. The maximum absolute atomic E-state index is 11.2. The Labute approximate surface area is 170 Å². The number of aliphatic hydroxyl groups is 2. The lowest BCUT2D eigenvalue weighted by Crippen LogP contribution is -2.62. The standard InChI is InChI=1S/C24H39NO3/c1-17-12-18(2)14-21(13-17)28-16-24(27)15-25(11-10-22(24)26)20-8-6-19(7-9-20)23(3,4)5/h12-14,19-20,22,26-27H,6-11,15-16H2,1-5H3/t19?,20?,22-,24-/m0/s1. The van der Waals surface area contributed by atoms with Crippen molar-refractivity contribution < 1.29 is 14.9 Å². The summed E-state index contributed by atoms with van der Waals surface area (Å²) in [6.07, 6.45) is 4.75. The molecule has 0 radical (unpaired) electrons. The third-order valence-electron chi connectivity index (χ3n) is 6.91. The van der Waals surface area contributed by atoms with Gasteiger partial charge in [-0.05, 0) is 80.5 Å². The Hall–Kier alpha value is -1.10. The lowest BCUT2D eigenvalue weighted by molar-refractivity contribution is -0.147. The van der Waals surface area contributed by atoms with E-state index in [1.54, 1.807) is 0 Å². The quantitative estimate of drug-likeness (QED) is 0.815. The van der Waals surface area contributed by atoms with Crippen molar-refractivity contribution >= 4 is 0 Å². The van der Waals surface area contributed by atoms with E-state index in [0.717, 1.165) is 29.3 Å². The number of β-amino-alcohol motifs (C(OH)–C–C–N with tert-alkyl or cyclic N) is 1. The van der Waals surface area contributed by atoms with Crippen molar-refractivity contribution in [2.45, 2.75) is 84.5 Å². The van der Waals surface area contributed by atoms with Crippen LogP contribution in [0.5, 0.6) is 5.75 Å². The van der Waals surface area contributed by atoms with Gasteiger partial charge in [0.05, 0.1) is 6.10 Å². The number of ether oxygens (including phenoxy) is 1. The van der Waals surface area contributed by atoms with Gasteiger partial charge >= 0.3 is 0 Å². The van der Waals surface area contributed by atoms with Crippen molar-refractivity contribution in [2.75, 3.05) is 19.7 Å². The summed E-state index contributed by atoms with van der Waals surface area (Å²) in [6.45, 7) is 12.6. The number of aryl methyl sites for hydroxylation is 2. The second-order valence-electron chi connectivity index (χ2n) is 10.4. The molecule has 2 aliphatic rings. The van der Waals surface area contributed by atoms with E-state index in [1.807, 2.05) is 26.0 Å². The first-order chi connectivity index (χ1) is 13.1. The summed E-state index contributed by atoms with van der Waals surface area (Å²) in [4.78, 5) is 2.40. The van der Waals surface area contributed by atoms with Crippen LogP contribution < -0.4 is 4.74 Å². The molecule has 158 valence electrons. The second-order valence-corrected chi connectivity index (χ2v) is 10.4. The molecule has 1 aliphatic heterocycles. The van der Waals surface area contributed by atoms with Crippen molar-refractivity contribution in [3.05, 3.63) is 29.3 Å². The Morgan fingerprint density at radius 2 is 1.64 bits per heavy atom. The SMILES string of the molecule is Cc1cc(C)cc(OC[C@@]2(O)CN(C3CCC(C(C)(C)C)CC3)CC[C@@H]2O)c1. The van der Waals surface area contributed by atoms with Gasteiger partial charge in [-0.3, -0.25) is 4.90 Å². The first kappa shape index (κ1) is 21.6. The van der Waals surface area contributed by atoms with Gasteiger partial charge in [-0.15, -0.1) is 0 Å². The molecule has 0 spiro atoms. The molecule has 0 bridgehead atoms. The van der Waals surface area contributed by atoms with Crippen LogP contribution in [0.1, 0.15) is 64.0 Å². The number of nitrogens with zero attached hydrogens (tertiary/aromatic N) is 1. The van der Waals surface area contributed by atoms with Crippen molar-refractivity contribution in [2.24, 2.45) is 11.3 Å². The molecule has 2 fully saturated rings. The molecular weight excluding hydrogens is 350 g/mol. The number of hydrogen-bond donors (Lipinski definition) is 2. The van der Waals surface area contributed by atoms with Crippen molar-refractivity contribution in [3.8, 4) is 5.75 Å². The Kier molecular flexibility index (Phi) is 6.43. The molecule has 1 heterocycles. The third kappa shape index (κ3) is 5.08. The summed E-state index contributed by atoms with van der Waals surface area (Å²) in [5.41, 5.74) is 1.45. The van der Waals surface area contributed by atoms with E-state index in [-0.39, 0.29) is 6.61 Å². The van der Waals surface area contributed by atoms with E-state index < -0.39 is 11.7 Å². The van der Waals surface area contributed by atoms with Gasteiger partial charge in [-0.25, -0.2) is 0 Å². The summed E-state index contributed by atoms with van der Waals surface area (Å²) in [7, 11) is 0. The Bertz CT molecular complexity index is 640. The fourth-order valence-corrected chi connectivity index (χ4v) is 5.08. The molecule has 1 saturated heterocycles. The van der Waals surface area contributed by atoms with Gasteiger partial charge < -0.3 is 14.9 Å². The smallest absolute Gasteiger partial charge is 0.137 e. The summed E-state index contributed by atoms with van der Waals surface area (Å²) in [5, 5.41) is 21.7. The minimum absolute atomic E-state index is 0.130. The molecule has 1 aromatic rings. The highest BCUT2D eigenvalue weighted by Crippen LogP contribution is 2.40. The van der Waals surface area contributed by atoms with Gasteiger partial charge in [0.25, 0.3) is 0 Å². The topological polar surface area (TPSA) is 52.9 Å². The van der Waals surface area contributed by atoms with Crippen molar-refractivity contribution in [1.82, 2.24) is 4.90 Å². The van der Waals surface area contributed by atoms with Gasteiger partial charge in [0.2, 0.25) is 0 Å². The summed E-state index contributed by atoms with van der Waals surface area (Å²) < 4.78 is 5.94. The molecule has 0 unspecified atom stereocenters. The van der Waals surface area contributed by atoms with Gasteiger partial charge in [0.1, 0.15) is 18.0 Å².